The van der Waals surface area contributed by atoms with Crippen molar-refractivity contribution in [1.29, 1.82) is 0 Å². The summed E-state index contributed by atoms with van der Waals surface area (Å²) in [7, 11) is 0. The quantitative estimate of drug-likeness (QED) is 0.820. The van der Waals surface area contributed by atoms with Crippen LogP contribution >= 0.6 is 0 Å². The number of hydrogen-bond donors (Lipinski definition) is 2. The molecule has 3 nitrogen and oxygen atoms in total. The van der Waals surface area contributed by atoms with Crippen LogP contribution in [0.3, 0.4) is 0 Å². The van der Waals surface area contributed by atoms with Gasteiger partial charge in [0.05, 0.1) is 0 Å². The molecule has 3 heteroatoms. The molecule has 2 rings (SSSR count). The normalized spacial score (nSPS) is 10.2. The minimum Gasteiger partial charge on any atom is -0.508 e. The monoisotopic (exact) mass is 269 g/mol. The highest BCUT2D eigenvalue weighted by molar-refractivity contribution is 5.95. The molecule has 0 saturated heterocycles. The summed E-state index contributed by atoms with van der Waals surface area (Å²) in [6, 6.07) is 14.7. The van der Waals surface area contributed by atoms with Crippen molar-refractivity contribution in [3.05, 3.63) is 65.2 Å². The molecule has 1 amide bonds. The highest BCUT2D eigenvalue weighted by Gasteiger charge is 2.06. The third kappa shape index (κ3) is 3.85. The SMILES string of the molecule is Cc1ccccc1C(=O)NCCCc1ccc(O)cc1. The third-order valence-electron chi connectivity index (χ3n) is 3.25. The van der Waals surface area contributed by atoms with E-state index in [4.69, 9.17) is 0 Å². The summed E-state index contributed by atoms with van der Waals surface area (Å²) >= 11 is 0. The molecule has 0 atom stereocenters. The first-order chi connectivity index (χ1) is 9.66. The fourth-order valence-corrected chi connectivity index (χ4v) is 2.08. The maximum Gasteiger partial charge on any atom is 0.251 e. The van der Waals surface area contributed by atoms with Crippen molar-refractivity contribution in [2.45, 2.75) is 19.8 Å². The van der Waals surface area contributed by atoms with Gasteiger partial charge in [-0.3, -0.25) is 4.79 Å². The van der Waals surface area contributed by atoms with Crippen molar-refractivity contribution in [3.63, 3.8) is 0 Å². The van der Waals surface area contributed by atoms with Gasteiger partial charge in [0, 0.05) is 12.1 Å². The zero-order valence-corrected chi connectivity index (χ0v) is 11.6. The van der Waals surface area contributed by atoms with E-state index in [1.165, 1.54) is 0 Å². The average molecular weight is 269 g/mol. The van der Waals surface area contributed by atoms with Crippen molar-refractivity contribution < 1.29 is 9.90 Å². The first-order valence-electron chi connectivity index (χ1n) is 6.78. The number of nitrogens with one attached hydrogen (secondary N) is 1. The number of carbonyl (C=O) groups excluding carboxylic acids is 1. The molecule has 0 radical (unpaired) electrons. The van der Waals surface area contributed by atoms with Crippen LogP contribution in [-0.4, -0.2) is 17.6 Å². The topological polar surface area (TPSA) is 49.3 Å². The molecule has 0 aliphatic rings. The van der Waals surface area contributed by atoms with Gasteiger partial charge in [0.1, 0.15) is 5.75 Å². The molecule has 0 spiro atoms. The number of aromatic hydroxyl groups is 1. The molecule has 2 aromatic rings. The van der Waals surface area contributed by atoms with Crippen LogP contribution in [0.4, 0.5) is 0 Å². The fourth-order valence-electron chi connectivity index (χ4n) is 2.08. The highest BCUT2D eigenvalue weighted by Crippen LogP contribution is 2.11. The lowest BCUT2D eigenvalue weighted by Gasteiger charge is -2.07. The molecule has 104 valence electrons. The lowest BCUT2D eigenvalue weighted by molar-refractivity contribution is 0.0952. The number of phenols is 1. The van der Waals surface area contributed by atoms with Gasteiger partial charge in [0.15, 0.2) is 0 Å². The van der Waals surface area contributed by atoms with E-state index in [9.17, 15) is 9.90 Å². The maximum atomic E-state index is 12.0. The molecular formula is C17H19NO2. The number of aryl methyl sites for hydroxylation is 2. The average Bonchev–Trinajstić information content (AvgIpc) is 2.46. The van der Waals surface area contributed by atoms with Crippen LogP contribution in [0.2, 0.25) is 0 Å². The molecule has 0 heterocycles. The van der Waals surface area contributed by atoms with Crippen LogP contribution in [0.25, 0.3) is 0 Å². The summed E-state index contributed by atoms with van der Waals surface area (Å²) in [5, 5.41) is 12.1. The summed E-state index contributed by atoms with van der Waals surface area (Å²) in [5.41, 5.74) is 2.88. The Morgan fingerprint density at radius 2 is 1.80 bits per heavy atom. The standard InChI is InChI=1S/C17H19NO2/c1-13-5-2-3-7-16(13)17(20)18-12-4-6-14-8-10-15(19)11-9-14/h2-3,5,7-11,19H,4,6,12H2,1H3,(H,18,20). The van der Waals surface area contributed by atoms with Gasteiger partial charge in [-0.1, -0.05) is 30.3 Å². The predicted molar refractivity (Wildman–Crippen MR) is 79.9 cm³/mol. The zero-order valence-electron chi connectivity index (χ0n) is 11.6. The second-order valence-corrected chi connectivity index (χ2v) is 4.84. The summed E-state index contributed by atoms with van der Waals surface area (Å²) in [4.78, 5) is 12.0. The van der Waals surface area contributed by atoms with Gasteiger partial charge in [-0.2, -0.15) is 0 Å². The van der Waals surface area contributed by atoms with E-state index >= 15 is 0 Å². The highest BCUT2D eigenvalue weighted by atomic mass is 16.3. The van der Waals surface area contributed by atoms with Crippen LogP contribution in [0.15, 0.2) is 48.5 Å². The van der Waals surface area contributed by atoms with Crippen molar-refractivity contribution in [3.8, 4) is 5.75 Å². The molecule has 0 fully saturated rings. The van der Waals surface area contributed by atoms with E-state index in [1.54, 1.807) is 12.1 Å². The van der Waals surface area contributed by atoms with Crippen LogP contribution in [-0.2, 0) is 6.42 Å². The summed E-state index contributed by atoms with van der Waals surface area (Å²) in [6.45, 7) is 2.58. The van der Waals surface area contributed by atoms with Crippen molar-refractivity contribution in [2.24, 2.45) is 0 Å². The molecule has 2 aromatic carbocycles. The van der Waals surface area contributed by atoms with Gasteiger partial charge in [-0.25, -0.2) is 0 Å². The minimum absolute atomic E-state index is 0.0196. The van der Waals surface area contributed by atoms with Crippen LogP contribution in [0, 0.1) is 6.92 Å². The summed E-state index contributed by atoms with van der Waals surface area (Å²) in [5.74, 6) is 0.260. The van der Waals surface area contributed by atoms with E-state index in [-0.39, 0.29) is 11.7 Å². The first kappa shape index (κ1) is 14.1. The first-order valence-corrected chi connectivity index (χ1v) is 6.78. The summed E-state index contributed by atoms with van der Waals surface area (Å²) < 4.78 is 0. The Balaban J connectivity index is 1.77. The van der Waals surface area contributed by atoms with Gasteiger partial charge < -0.3 is 10.4 Å². The Labute approximate surface area is 119 Å². The third-order valence-corrected chi connectivity index (χ3v) is 3.25. The maximum absolute atomic E-state index is 12.0. The molecular weight excluding hydrogens is 250 g/mol. The Kier molecular flexibility index (Phi) is 4.77. The number of phenolic OH excluding ortho intramolecular Hbond substituents is 1. The smallest absolute Gasteiger partial charge is 0.251 e. The molecule has 0 saturated carbocycles. The van der Waals surface area contributed by atoms with Gasteiger partial charge in [-0.15, -0.1) is 0 Å². The van der Waals surface area contributed by atoms with Gasteiger partial charge in [-0.05, 0) is 49.1 Å². The Morgan fingerprint density at radius 1 is 1.10 bits per heavy atom. The van der Waals surface area contributed by atoms with E-state index < -0.39 is 0 Å². The number of rotatable bonds is 5. The lowest BCUT2D eigenvalue weighted by atomic mass is 10.1. The molecule has 0 unspecified atom stereocenters. The number of amides is 1. The minimum atomic E-state index is -0.0196. The predicted octanol–water partition coefficient (Wildman–Crippen LogP) is 3.06. The Hall–Kier alpha value is -2.29. The molecule has 2 N–H and O–H groups in total. The lowest BCUT2D eigenvalue weighted by Crippen LogP contribution is -2.25. The van der Waals surface area contributed by atoms with Crippen molar-refractivity contribution >= 4 is 5.91 Å². The number of hydrogen-bond acceptors (Lipinski definition) is 2. The van der Waals surface area contributed by atoms with Crippen LogP contribution in [0.5, 0.6) is 5.75 Å². The van der Waals surface area contributed by atoms with Crippen LogP contribution in [0.1, 0.15) is 27.9 Å². The Morgan fingerprint density at radius 3 is 2.50 bits per heavy atom. The Bertz CT molecular complexity index is 576. The number of benzene rings is 2. The van der Waals surface area contributed by atoms with Crippen molar-refractivity contribution in [2.75, 3.05) is 6.54 Å². The molecule has 0 bridgehead atoms. The van der Waals surface area contributed by atoms with Crippen molar-refractivity contribution in [1.82, 2.24) is 5.32 Å². The molecule has 20 heavy (non-hydrogen) atoms. The molecule has 0 aliphatic heterocycles. The largest absolute Gasteiger partial charge is 0.508 e. The van der Waals surface area contributed by atoms with E-state index in [0.717, 1.165) is 29.5 Å². The van der Waals surface area contributed by atoms with Gasteiger partial charge >= 0.3 is 0 Å². The van der Waals surface area contributed by atoms with Gasteiger partial charge in [0.2, 0.25) is 0 Å². The van der Waals surface area contributed by atoms with E-state index in [2.05, 4.69) is 5.32 Å². The van der Waals surface area contributed by atoms with E-state index in [0.29, 0.717) is 6.54 Å². The zero-order chi connectivity index (χ0) is 14.4. The van der Waals surface area contributed by atoms with Crippen LogP contribution < -0.4 is 5.32 Å². The molecule has 0 aromatic heterocycles. The summed E-state index contributed by atoms with van der Waals surface area (Å²) in [6.07, 6.45) is 1.76. The fraction of sp³-hybridized carbons (Fsp3) is 0.235. The second-order valence-electron chi connectivity index (χ2n) is 4.84. The van der Waals surface area contributed by atoms with E-state index in [1.807, 2.05) is 43.3 Å². The van der Waals surface area contributed by atoms with Gasteiger partial charge in [0.25, 0.3) is 5.91 Å². The second kappa shape index (κ2) is 6.75. The molecule has 0 aliphatic carbocycles. The number of carbonyl (C=O) groups is 1.